The molecule has 4 nitrogen and oxygen atoms in total. The summed E-state index contributed by atoms with van der Waals surface area (Å²) in [5, 5.41) is 12.9. The Bertz CT molecular complexity index is 361. The van der Waals surface area contributed by atoms with Crippen LogP contribution in [0.1, 0.15) is 38.3 Å². The van der Waals surface area contributed by atoms with E-state index in [9.17, 15) is 5.11 Å². The first kappa shape index (κ1) is 12.3. The minimum absolute atomic E-state index is 0.0668. The van der Waals surface area contributed by atoms with E-state index in [0.717, 1.165) is 37.3 Å². The Morgan fingerprint density at radius 2 is 2.12 bits per heavy atom. The molecule has 2 rings (SSSR count). The predicted molar refractivity (Wildman–Crippen MR) is 67.9 cm³/mol. The van der Waals surface area contributed by atoms with Crippen LogP contribution in [-0.2, 0) is 6.42 Å². The molecule has 94 valence electrons. The molecule has 0 spiro atoms. The first-order chi connectivity index (χ1) is 8.28. The molecule has 1 aromatic rings. The van der Waals surface area contributed by atoms with Crippen LogP contribution in [-0.4, -0.2) is 28.2 Å². The minimum Gasteiger partial charge on any atom is -0.396 e. The molecule has 1 fully saturated rings. The Kier molecular flexibility index (Phi) is 3.94. The molecule has 2 N–H and O–H groups in total. The van der Waals surface area contributed by atoms with Crippen molar-refractivity contribution < 1.29 is 5.11 Å². The first-order valence-electron chi connectivity index (χ1n) is 6.44. The molecule has 0 atom stereocenters. The normalized spacial score (nSPS) is 18.2. The zero-order chi connectivity index (χ0) is 12.1. The molecule has 0 saturated heterocycles. The molecule has 0 amide bonds. The van der Waals surface area contributed by atoms with Gasteiger partial charge in [0.25, 0.3) is 0 Å². The van der Waals surface area contributed by atoms with Crippen molar-refractivity contribution in [1.82, 2.24) is 9.97 Å². The topological polar surface area (TPSA) is 58.0 Å². The van der Waals surface area contributed by atoms with Crippen molar-refractivity contribution in [3.63, 3.8) is 0 Å². The van der Waals surface area contributed by atoms with Crippen LogP contribution in [0.5, 0.6) is 0 Å². The van der Waals surface area contributed by atoms with Gasteiger partial charge in [-0.3, -0.25) is 0 Å². The maximum absolute atomic E-state index is 9.52. The lowest BCUT2D eigenvalue weighted by Gasteiger charge is -2.26. The van der Waals surface area contributed by atoms with E-state index in [2.05, 4.69) is 22.2 Å². The third kappa shape index (κ3) is 2.94. The van der Waals surface area contributed by atoms with Crippen LogP contribution < -0.4 is 5.32 Å². The highest BCUT2D eigenvalue weighted by Gasteiger charge is 2.32. The Hall–Kier alpha value is -1.16. The summed E-state index contributed by atoms with van der Waals surface area (Å²) in [6.07, 6.45) is 7.20. The molecular formula is C13H21N3O. The van der Waals surface area contributed by atoms with Crippen molar-refractivity contribution >= 4 is 5.82 Å². The summed E-state index contributed by atoms with van der Waals surface area (Å²) in [6.45, 7) is 3.16. The van der Waals surface area contributed by atoms with Gasteiger partial charge in [-0.25, -0.2) is 9.97 Å². The highest BCUT2D eigenvalue weighted by Crippen LogP contribution is 2.37. The maximum atomic E-state index is 9.52. The Balaban J connectivity index is 1.96. The summed E-state index contributed by atoms with van der Waals surface area (Å²) in [7, 11) is 0. The maximum Gasteiger partial charge on any atom is 0.129 e. The molecule has 0 aromatic carbocycles. The SMILES string of the molecule is CCc1cc(NCC2(CO)CCCC2)ncn1. The van der Waals surface area contributed by atoms with Gasteiger partial charge in [0.1, 0.15) is 12.1 Å². The summed E-state index contributed by atoms with van der Waals surface area (Å²) in [4.78, 5) is 8.38. The molecule has 0 bridgehead atoms. The van der Waals surface area contributed by atoms with Crippen molar-refractivity contribution in [2.75, 3.05) is 18.5 Å². The summed E-state index contributed by atoms with van der Waals surface area (Å²) < 4.78 is 0. The zero-order valence-electron chi connectivity index (χ0n) is 10.4. The minimum atomic E-state index is 0.0668. The van der Waals surface area contributed by atoms with E-state index < -0.39 is 0 Å². The summed E-state index contributed by atoms with van der Waals surface area (Å²) in [5.41, 5.74) is 1.11. The molecule has 0 unspecified atom stereocenters. The van der Waals surface area contributed by atoms with Crippen LogP contribution >= 0.6 is 0 Å². The van der Waals surface area contributed by atoms with Gasteiger partial charge in [0.15, 0.2) is 0 Å². The number of aliphatic hydroxyl groups is 1. The van der Waals surface area contributed by atoms with Gasteiger partial charge in [-0.2, -0.15) is 0 Å². The third-order valence-electron chi connectivity index (χ3n) is 3.73. The van der Waals surface area contributed by atoms with Gasteiger partial charge in [0.05, 0.1) is 6.61 Å². The van der Waals surface area contributed by atoms with E-state index in [-0.39, 0.29) is 12.0 Å². The summed E-state index contributed by atoms with van der Waals surface area (Å²) in [6, 6.07) is 1.99. The number of hydrogen-bond donors (Lipinski definition) is 2. The van der Waals surface area contributed by atoms with Crippen molar-refractivity contribution in [3.8, 4) is 0 Å². The smallest absolute Gasteiger partial charge is 0.129 e. The van der Waals surface area contributed by atoms with Gasteiger partial charge in [-0.05, 0) is 19.3 Å². The highest BCUT2D eigenvalue weighted by molar-refractivity contribution is 5.35. The predicted octanol–water partition coefficient (Wildman–Crippen LogP) is 2.00. The van der Waals surface area contributed by atoms with Crippen molar-refractivity contribution in [2.24, 2.45) is 5.41 Å². The number of rotatable bonds is 5. The number of nitrogens with zero attached hydrogens (tertiary/aromatic N) is 2. The van der Waals surface area contributed by atoms with Gasteiger partial charge in [-0.15, -0.1) is 0 Å². The number of hydrogen-bond acceptors (Lipinski definition) is 4. The lowest BCUT2D eigenvalue weighted by molar-refractivity contribution is 0.142. The van der Waals surface area contributed by atoms with Crippen LogP contribution in [0.15, 0.2) is 12.4 Å². The fraction of sp³-hybridized carbons (Fsp3) is 0.692. The van der Waals surface area contributed by atoms with Gasteiger partial charge < -0.3 is 10.4 Å². The highest BCUT2D eigenvalue weighted by atomic mass is 16.3. The molecule has 0 radical (unpaired) electrons. The van der Waals surface area contributed by atoms with Crippen molar-refractivity contribution in [2.45, 2.75) is 39.0 Å². The lowest BCUT2D eigenvalue weighted by Crippen LogP contribution is -2.30. The molecule has 0 aliphatic heterocycles. The van der Waals surface area contributed by atoms with Crippen LogP contribution in [0.4, 0.5) is 5.82 Å². The molecule has 1 heterocycles. The molecule has 1 saturated carbocycles. The molecule has 1 aliphatic carbocycles. The van der Waals surface area contributed by atoms with E-state index in [0.29, 0.717) is 0 Å². The van der Waals surface area contributed by atoms with E-state index in [1.54, 1.807) is 6.33 Å². The van der Waals surface area contributed by atoms with Crippen LogP contribution in [0.25, 0.3) is 0 Å². The second-order valence-corrected chi connectivity index (χ2v) is 4.97. The second-order valence-electron chi connectivity index (χ2n) is 4.97. The molecule has 1 aliphatic rings. The third-order valence-corrected chi connectivity index (χ3v) is 3.73. The first-order valence-corrected chi connectivity index (χ1v) is 6.44. The number of aryl methyl sites for hydroxylation is 1. The van der Waals surface area contributed by atoms with Gasteiger partial charge in [0.2, 0.25) is 0 Å². The van der Waals surface area contributed by atoms with E-state index in [4.69, 9.17) is 0 Å². The van der Waals surface area contributed by atoms with E-state index in [1.807, 2.05) is 6.07 Å². The standard InChI is InChI=1S/C13H21N3O/c1-2-11-7-12(16-10-15-11)14-8-13(9-17)5-3-4-6-13/h7,10,17H,2-6,8-9H2,1H3,(H,14,15,16). The number of aromatic nitrogens is 2. The van der Waals surface area contributed by atoms with Crippen molar-refractivity contribution in [1.29, 1.82) is 0 Å². The quantitative estimate of drug-likeness (QED) is 0.819. The van der Waals surface area contributed by atoms with Crippen LogP contribution in [0, 0.1) is 5.41 Å². The average molecular weight is 235 g/mol. The number of nitrogens with one attached hydrogen (secondary N) is 1. The summed E-state index contributed by atoms with van der Waals surface area (Å²) in [5.74, 6) is 0.872. The van der Waals surface area contributed by atoms with Gasteiger partial charge >= 0.3 is 0 Å². The Morgan fingerprint density at radius 3 is 2.76 bits per heavy atom. The fourth-order valence-electron chi connectivity index (χ4n) is 2.48. The van der Waals surface area contributed by atoms with E-state index in [1.165, 1.54) is 12.8 Å². The van der Waals surface area contributed by atoms with Gasteiger partial charge in [-0.1, -0.05) is 19.8 Å². The molecule has 17 heavy (non-hydrogen) atoms. The number of anilines is 1. The number of aliphatic hydroxyl groups excluding tert-OH is 1. The van der Waals surface area contributed by atoms with Crippen LogP contribution in [0.2, 0.25) is 0 Å². The van der Waals surface area contributed by atoms with Crippen molar-refractivity contribution in [3.05, 3.63) is 18.1 Å². The largest absolute Gasteiger partial charge is 0.396 e. The molecule has 4 heteroatoms. The molecule has 1 aromatic heterocycles. The average Bonchev–Trinajstić information content (AvgIpc) is 2.86. The fourth-order valence-corrected chi connectivity index (χ4v) is 2.48. The Labute approximate surface area is 102 Å². The zero-order valence-corrected chi connectivity index (χ0v) is 10.4. The lowest BCUT2D eigenvalue weighted by atomic mass is 9.87. The molecular weight excluding hydrogens is 214 g/mol. The monoisotopic (exact) mass is 235 g/mol. The second kappa shape index (κ2) is 5.45. The Morgan fingerprint density at radius 1 is 1.35 bits per heavy atom. The summed E-state index contributed by atoms with van der Waals surface area (Å²) >= 11 is 0. The van der Waals surface area contributed by atoms with Crippen LogP contribution in [0.3, 0.4) is 0 Å². The van der Waals surface area contributed by atoms with Gasteiger partial charge in [0, 0.05) is 23.7 Å². The van der Waals surface area contributed by atoms with E-state index >= 15 is 0 Å².